The Bertz CT molecular complexity index is 244. The lowest BCUT2D eigenvalue weighted by Gasteiger charge is -1.90. The lowest BCUT2D eigenvalue weighted by Crippen LogP contribution is -2.24. The maximum atomic E-state index is 10.3. The fraction of sp³-hybridized carbons (Fsp3) is 0. The van der Waals surface area contributed by atoms with Gasteiger partial charge in [0.15, 0.2) is 6.20 Å². The van der Waals surface area contributed by atoms with E-state index in [1.807, 2.05) is 0 Å². The summed E-state index contributed by atoms with van der Waals surface area (Å²) in [4.78, 5) is 9.40. The number of nitrogens with zero attached hydrogens (tertiary/aromatic N) is 2. The minimum atomic E-state index is -0.587. The van der Waals surface area contributed by atoms with Crippen molar-refractivity contribution in [2.24, 2.45) is 0 Å². The van der Waals surface area contributed by atoms with Gasteiger partial charge in [0.05, 0.1) is 17.1 Å². The van der Waals surface area contributed by atoms with Gasteiger partial charge >= 0.3 is 0 Å². The van der Waals surface area contributed by atoms with E-state index in [2.05, 4.69) is 6.20 Å². The minimum absolute atomic E-state index is 0.132. The molecule has 10 heavy (non-hydrogen) atoms. The van der Waals surface area contributed by atoms with Crippen LogP contribution in [0.2, 0.25) is 0 Å². The Morgan fingerprint density at radius 1 is 1.70 bits per heavy atom. The Labute approximate surface area is 56.3 Å². The molecule has 0 atom stereocenters. The summed E-state index contributed by atoms with van der Waals surface area (Å²) in [6, 6.07) is 2.14. The van der Waals surface area contributed by atoms with Gasteiger partial charge in [-0.25, -0.2) is 0 Å². The summed E-state index contributed by atoms with van der Waals surface area (Å²) in [5, 5.41) is 20.3. The van der Waals surface area contributed by atoms with Crippen LogP contribution in [0.1, 0.15) is 0 Å². The Hall–Kier alpha value is -1.65. The molecule has 0 aliphatic carbocycles. The molecule has 0 bridgehead atoms. The van der Waals surface area contributed by atoms with Gasteiger partial charge in [-0.2, -0.15) is 4.73 Å². The summed E-state index contributed by atoms with van der Waals surface area (Å²) in [6.45, 7) is 0. The molecule has 1 heterocycles. The van der Waals surface area contributed by atoms with Gasteiger partial charge in [-0.15, -0.1) is 0 Å². The molecule has 0 aliphatic heterocycles. The van der Waals surface area contributed by atoms with Gasteiger partial charge in [0.2, 0.25) is 0 Å². The maximum Gasteiger partial charge on any atom is 0.297 e. The SMILES string of the molecule is O=[N+]([O-])c1c[c][n+]([O-])cc1. The van der Waals surface area contributed by atoms with E-state index in [0.717, 1.165) is 18.3 Å². The molecule has 1 radical (unpaired) electrons. The fourth-order valence-electron chi connectivity index (χ4n) is 0.479. The summed E-state index contributed by atoms with van der Waals surface area (Å²) in [7, 11) is 0. The molecule has 0 aliphatic rings. The predicted molar refractivity (Wildman–Crippen MR) is 30.9 cm³/mol. The molecule has 0 spiro atoms. The number of pyridine rings is 1. The van der Waals surface area contributed by atoms with Crippen molar-refractivity contribution in [2.45, 2.75) is 0 Å². The van der Waals surface area contributed by atoms with Crippen LogP contribution in [0.25, 0.3) is 0 Å². The molecule has 5 heteroatoms. The van der Waals surface area contributed by atoms with E-state index in [1.54, 1.807) is 0 Å². The molecule has 1 aromatic heterocycles. The van der Waals surface area contributed by atoms with Gasteiger partial charge in [0.1, 0.15) is 0 Å². The molecule has 0 aromatic carbocycles. The van der Waals surface area contributed by atoms with Crippen LogP contribution in [0.15, 0.2) is 18.3 Å². The summed E-state index contributed by atoms with van der Waals surface area (Å²) in [5.74, 6) is 0. The zero-order chi connectivity index (χ0) is 7.56. The van der Waals surface area contributed by atoms with Crippen LogP contribution in [0, 0.1) is 21.5 Å². The van der Waals surface area contributed by atoms with Crippen molar-refractivity contribution in [1.82, 2.24) is 0 Å². The molecule has 5 nitrogen and oxygen atoms in total. The molecule has 0 amide bonds. The van der Waals surface area contributed by atoms with E-state index in [1.165, 1.54) is 0 Å². The van der Waals surface area contributed by atoms with Crippen molar-refractivity contribution < 1.29 is 9.65 Å². The fourth-order valence-corrected chi connectivity index (χ4v) is 0.479. The van der Waals surface area contributed by atoms with Gasteiger partial charge in [-0.1, -0.05) is 0 Å². The van der Waals surface area contributed by atoms with Gasteiger partial charge in [-0.3, -0.25) is 10.1 Å². The van der Waals surface area contributed by atoms with Gasteiger partial charge in [0.25, 0.3) is 11.9 Å². The van der Waals surface area contributed by atoms with E-state index in [0.29, 0.717) is 4.73 Å². The van der Waals surface area contributed by atoms with Gasteiger partial charge in [0, 0.05) is 0 Å². The molecule has 0 unspecified atom stereocenters. The summed E-state index contributed by atoms with van der Waals surface area (Å²) >= 11 is 0. The molecule has 1 aromatic rings. The van der Waals surface area contributed by atoms with Crippen LogP contribution >= 0.6 is 0 Å². The van der Waals surface area contributed by atoms with E-state index < -0.39 is 4.92 Å². The molecule has 51 valence electrons. The molecular formula is C5H3N2O3. The molecule has 0 fully saturated rings. The van der Waals surface area contributed by atoms with Crippen LogP contribution in [-0.2, 0) is 0 Å². The average molecular weight is 139 g/mol. The first-order chi connectivity index (χ1) is 4.70. The molecule has 0 saturated carbocycles. The molecule has 1 rings (SSSR count). The van der Waals surface area contributed by atoms with Crippen LogP contribution in [0.4, 0.5) is 5.69 Å². The molecule has 0 N–H and O–H groups in total. The number of nitro groups is 1. The van der Waals surface area contributed by atoms with E-state index >= 15 is 0 Å². The highest BCUT2D eigenvalue weighted by Gasteiger charge is 2.05. The highest BCUT2D eigenvalue weighted by atomic mass is 16.6. The second-order valence-corrected chi connectivity index (χ2v) is 1.60. The van der Waals surface area contributed by atoms with Gasteiger partial charge < -0.3 is 5.21 Å². The highest BCUT2D eigenvalue weighted by Crippen LogP contribution is 2.04. The van der Waals surface area contributed by atoms with Crippen molar-refractivity contribution in [2.75, 3.05) is 0 Å². The zero-order valence-electron chi connectivity index (χ0n) is 4.85. The van der Waals surface area contributed by atoms with Crippen LogP contribution in [0.3, 0.4) is 0 Å². The lowest BCUT2D eigenvalue weighted by atomic mass is 10.4. The Morgan fingerprint density at radius 3 is 2.80 bits per heavy atom. The van der Waals surface area contributed by atoms with Crippen molar-refractivity contribution >= 4 is 5.69 Å². The minimum Gasteiger partial charge on any atom is -0.618 e. The predicted octanol–water partition coefficient (Wildman–Crippen LogP) is 0.0284. The third-order valence-electron chi connectivity index (χ3n) is 0.931. The topological polar surface area (TPSA) is 70.1 Å². The highest BCUT2D eigenvalue weighted by molar-refractivity contribution is 5.22. The Kier molecular flexibility index (Phi) is 1.49. The Morgan fingerprint density at radius 2 is 2.40 bits per heavy atom. The molecular weight excluding hydrogens is 136 g/mol. The first kappa shape index (κ1) is 6.47. The summed E-state index contributed by atoms with van der Waals surface area (Å²) < 4.78 is 0.368. The van der Waals surface area contributed by atoms with E-state index in [9.17, 15) is 15.3 Å². The van der Waals surface area contributed by atoms with Crippen molar-refractivity contribution in [3.63, 3.8) is 0 Å². The van der Waals surface area contributed by atoms with Crippen LogP contribution < -0.4 is 4.73 Å². The number of hydrogen-bond acceptors (Lipinski definition) is 3. The maximum absolute atomic E-state index is 10.3. The zero-order valence-corrected chi connectivity index (χ0v) is 4.85. The first-order valence-electron chi connectivity index (χ1n) is 2.45. The second-order valence-electron chi connectivity index (χ2n) is 1.60. The first-order valence-corrected chi connectivity index (χ1v) is 2.45. The monoisotopic (exact) mass is 139 g/mol. The third-order valence-corrected chi connectivity index (χ3v) is 0.931. The lowest BCUT2D eigenvalue weighted by molar-refractivity contribution is -0.610. The van der Waals surface area contributed by atoms with Crippen molar-refractivity contribution in [1.29, 1.82) is 0 Å². The number of rotatable bonds is 1. The van der Waals surface area contributed by atoms with Crippen LogP contribution in [-0.4, -0.2) is 4.92 Å². The summed E-state index contributed by atoms with van der Waals surface area (Å²) in [5.41, 5.74) is -0.132. The standard InChI is InChI=1S/C5H3N2O3/c8-6-3-1-5(2-4-6)7(9)10/h1-3H. The second kappa shape index (κ2) is 2.30. The van der Waals surface area contributed by atoms with Crippen molar-refractivity contribution in [3.8, 4) is 0 Å². The number of hydrogen-bond donors (Lipinski definition) is 0. The number of aromatic nitrogens is 1. The smallest absolute Gasteiger partial charge is 0.297 e. The quantitative estimate of drug-likeness (QED) is 0.238. The normalized spacial score (nSPS) is 9.20. The molecule has 0 saturated heterocycles. The Balaban J connectivity index is 3.00. The van der Waals surface area contributed by atoms with Crippen LogP contribution in [0.5, 0.6) is 0 Å². The van der Waals surface area contributed by atoms with E-state index in [-0.39, 0.29) is 5.69 Å². The van der Waals surface area contributed by atoms with E-state index in [4.69, 9.17) is 0 Å². The largest absolute Gasteiger partial charge is 0.618 e. The van der Waals surface area contributed by atoms with Crippen molar-refractivity contribution in [3.05, 3.63) is 39.8 Å². The average Bonchev–Trinajstić information content (AvgIpc) is 1.88. The summed E-state index contributed by atoms with van der Waals surface area (Å²) in [6.07, 6.45) is 3.13. The van der Waals surface area contributed by atoms with Gasteiger partial charge in [-0.05, 0) is 0 Å². The third kappa shape index (κ3) is 1.19.